The lowest BCUT2D eigenvalue weighted by atomic mass is 10.7. The molecule has 0 heterocycles. The minimum Gasteiger partial charge on any atom is -0.450 e. The second-order valence-electron chi connectivity index (χ2n) is 1.23. The lowest BCUT2D eigenvalue weighted by molar-refractivity contribution is 0.137. The summed E-state index contributed by atoms with van der Waals surface area (Å²) in [5, 5.41) is 23.1. The molecule has 0 aliphatic carbocycles. The molecule has 0 radical (unpaired) electrons. The third kappa shape index (κ3) is 84.6. The van der Waals surface area contributed by atoms with Crippen LogP contribution in [0.1, 0.15) is 6.92 Å². The van der Waals surface area contributed by atoms with Crippen LogP contribution < -0.4 is 11.1 Å². The van der Waals surface area contributed by atoms with E-state index in [2.05, 4.69) is 5.32 Å². The first-order valence-electron chi connectivity index (χ1n) is 2.50. The maximum atomic E-state index is 8.56. The molecule has 0 aromatic carbocycles. The summed E-state index contributed by atoms with van der Waals surface area (Å²) < 4.78 is 0. The molecule has 0 aliphatic heterocycles. The Balaban J connectivity index is 0. The molecule has 0 aromatic heterocycles. The van der Waals surface area contributed by atoms with Crippen LogP contribution in [0.4, 0.5) is 4.79 Å². The van der Waals surface area contributed by atoms with E-state index in [1.54, 1.807) is 0 Å². The summed E-state index contributed by atoms with van der Waals surface area (Å²) in [6.45, 7) is 2.62. The van der Waals surface area contributed by atoms with E-state index in [9.17, 15) is 0 Å². The number of nitrogens with one attached hydrogen (secondary N) is 2. The monoisotopic (exact) mass is 149 g/mol. The van der Waals surface area contributed by atoms with E-state index in [1.807, 2.05) is 6.92 Å². The second-order valence-corrected chi connectivity index (χ2v) is 1.23. The summed E-state index contributed by atoms with van der Waals surface area (Å²) in [4.78, 5) is 8.56. The number of rotatable bonds is 1. The predicted octanol–water partition coefficient (Wildman–Crippen LogP) is -0.288. The first kappa shape index (κ1) is 11.4. The second kappa shape index (κ2) is 7.54. The summed E-state index contributed by atoms with van der Waals surface area (Å²) >= 11 is 0. The molecule has 0 aromatic rings. The van der Waals surface area contributed by atoms with Gasteiger partial charge in [0.15, 0.2) is 5.96 Å². The van der Waals surface area contributed by atoms with Crippen molar-refractivity contribution in [3.05, 3.63) is 0 Å². The fraction of sp³-hybridized carbons (Fsp3) is 0.500. The summed E-state index contributed by atoms with van der Waals surface area (Å²) in [7, 11) is 0. The van der Waals surface area contributed by atoms with Crippen molar-refractivity contribution < 1.29 is 15.0 Å². The van der Waals surface area contributed by atoms with Crippen LogP contribution in [0.15, 0.2) is 0 Å². The third-order valence-corrected chi connectivity index (χ3v) is 0.367. The van der Waals surface area contributed by atoms with Gasteiger partial charge in [0, 0.05) is 6.54 Å². The molecular weight excluding hydrogens is 138 g/mol. The Morgan fingerprint density at radius 1 is 1.70 bits per heavy atom. The molecule has 6 heteroatoms. The Bertz CT molecular complexity index is 110. The zero-order valence-electron chi connectivity index (χ0n) is 5.59. The molecule has 0 rings (SSSR count). The minimum atomic E-state index is -1.83. The van der Waals surface area contributed by atoms with Crippen molar-refractivity contribution in [1.29, 1.82) is 5.41 Å². The average Bonchev–Trinajstić information content (AvgIpc) is 1.62. The smallest absolute Gasteiger partial charge is 0.450 e. The van der Waals surface area contributed by atoms with Gasteiger partial charge in [-0.15, -0.1) is 0 Å². The van der Waals surface area contributed by atoms with Crippen molar-refractivity contribution in [2.45, 2.75) is 6.92 Å². The van der Waals surface area contributed by atoms with Crippen molar-refractivity contribution in [3.63, 3.8) is 0 Å². The third-order valence-electron chi connectivity index (χ3n) is 0.367. The van der Waals surface area contributed by atoms with Crippen LogP contribution in [0.5, 0.6) is 0 Å². The topological polar surface area (TPSA) is 119 Å². The lowest BCUT2D eigenvalue weighted by Gasteiger charge is -1.92. The van der Waals surface area contributed by atoms with Crippen LogP contribution in [-0.4, -0.2) is 28.9 Å². The Labute approximate surface area is 58.2 Å². The Kier molecular flexibility index (Phi) is 8.56. The van der Waals surface area contributed by atoms with Crippen molar-refractivity contribution in [2.24, 2.45) is 5.73 Å². The molecule has 60 valence electrons. The molecule has 0 atom stereocenters. The molecule has 0 fully saturated rings. The number of carboxylic acid groups (broad SMARTS) is 2. The van der Waals surface area contributed by atoms with Gasteiger partial charge in [0.1, 0.15) is 0 Å². The van der Waals surface area contributed by atoms with Crippen molar-refractivity contribution >= 4 is 12.1 Å². The van der Waals surface area contributed by atoms with E-state index in [1.165, 1.54) is 0 Å². The highest BCUT2D eigenvalue weighted by Gasteiger charge is 1.73. The van der Waals surface area contributed by atoms with Crippen molar-refractivity contribution in [2.75, 3.05) is 6.54 Å². The van der Waals surface area contributed by atoms with Crippen LogP contribution in [0.3, 0.4) is 0 Å². The van der Waals surface area contributed by atoms with E-state index in [0.717, 1.165) is 6.54 Å². The highest BCUT2D eigenvalue weighted by molar-refractivity contribution is 5.74. The van der Waals surface area contributed by atoms with Crippen LogP contribution in [0, 0.1) is 5.41 Å². The maximum Gasteiger partial charge on any atom is 0.503 e. The Morgan fingerprint density at radius 2 is 2.00 bits per heavy atom. The summed E-state index contributed by atoms with van der Waals surface area (Å²) in [6, 6.07) is 0. The largest absolute Gasteiger partial charge is 0.503 e. The highest BCUT2D eigenvalue weighted by atomic mass is 16.6. The summed E-state index contributed by atoms with van der Waals surface area (Å²) in [5.41, 5.74) is 4.88. The first-order chi connectivity index (χ1) is 4.50. The van der Waals surface area contributed by atoms with Gasteiger partial charge in [0.2, 0.25) is 0 Å². The van der Waals surface area contributed by atoms with Gasteiger partial charge in [0.05, 0.1) is 0 Å². The number of carbonyl (C=O) groups is 1. The first-order valence-corrected chi connectivity index (χ1v) is 2.50. The molecule has 0 unspecified atom stereocenters. The van der Waals surface area contributed by atoms with Gasteiger partial charge in [0.25, 0.3) is 0 Å². The van der Waals surface area contributed by atoms with Crippen LogP contribution >= 0.6 is 0 Å². The average molecular weight is 149 g/mol. The van der Waals surface area contributed by atoms with Crippen LogP contribution in [0.2, 0.25) is 0 Å². The normalized spacial score (nSPS) is 6.90. The molecule has 10 heavy (non-hydrogen) atoms. The molecule has 0 amide bonds. The van der Waals surface area contributed by atoms with Gasteiger partial charge >= 0.3 is 6.16 Å². The molecule has 0 aliphatic rings. The van der Waals surface area contributed by atoms with Crippen molar-refractivity contribution in [3.8, 4) is 0 Å². The minimum absolute atomic E-state index is 0.0394. The number of guanidine groups is 1. The van der Waals surface area contributed by atoms with Gasteiger partial charge in [-0.2, -0.15) is 0 Å². The van der Waals surface area contributed by atoms with E-state index in [0.29, 0.717) is 0 Å². The van der Waals surface area contributed by atoms with Gasteiger partial charge in [-0.05, 0) is 6.92 Å². The molecule has 0 spiro atoms. The summed E-state index contributed by atoms with van der Waals surface area (Å²) in [6.07, 6.45) is -1.83. The number of nitrogens with two attached hydrogens (primary N) is 1. The van der Waals surface area contributed by atoms with Gasteiger partial charge in [-0.25, -0.2) is 4.79 Å². The molecule has 6 N–H and O–H groups in total. The van der Waals surface area contributed by atoms with E-state index in [4.69, 9.17) is 26.2 Å². The molecule has 0 saturated heterocycles. The van der Waals surface area contributed by atoms with Crippen LogP contribution in [0.25, 0.3) is 0 Å². The molecular formula is C4H11N3O3. The zero-order valence-corrected chi connectivity index (χ0v) is 5.59. The van der Waals surface area contributed by atoms with Gasteiger partial charge < -0.3 is 21.3 Å². The maximum absolute atomic E-state index is 8.56. The fourth-order valence-electron chi connectivity index (χ4n) is 0.190. The number of hydrogen-bond donors (Lipinski definition) is 5. The number of hydrogen-bond acceptors (Lipinski definition) is 2. The zero-order chi connectivity index (χ0) is 8.57. The Morgan fingerprint density at radius 3 is 2.00 bits per heavy atom. The SMILES string of the molecule is CCNC(=N)N.O=C(O)O. The lowest BCUT2D eigenvalue weighted by Crippen LogP contribution is -2.29. The fourth-order valence-corrected chi connectivity index (χ4v) is 0.190. The van der Waals surface area contributed by atoms with Crippen molar-refractivity contribution in [1.82, 2.24) is 5.32 Å². The van der Waals surface area contributed by atoms with Crippen LogP contribution in [-0.2, 0) is 0 Å². The van der Waals surface area contributed by atoms with E-state index >= 15 is 0 Å². The van der Waals surface area contributed by atoms with Gasteiger partial charge in [-0.1, -0.05) is 0 Å². The highest BCUT2D eigenvalue weighted by Crippen LogP contribution is 1.46. The summed E-state index contributed by atoms with van der Waals surface area (Å²) in [5.74, 6) is 0.0394. The Hall–Kier alpha value is -1.46. The quantitative estimate of drug-likeness (QED) is 0.259. The van der Waals surface area contributed by atoms with E-state index < -0.39 is 6.16 Å². The van der Waals surface area contributed by atoms with Gasteiger partial charge in [-0.3, -0.25) is 5.41 Å². The molecule has 6 nitrogen and oxygen atoms in total. The molecule has 0 bridgehead atoms. The van der Waals surface area contributed by atoms with E-state index in [-0.39, 0.29) is 5.96 Å². The standard InChI is InChI=1S/C3H9N3.CH2O3/c1-2-6-3(4)5;2-1(3)4/h2H2,1H3,(H4,4,5,6);(H2,2,3,4). The molecule has 0 saturated carbocycles. The predicted molar refractivity (Wildman–Crippen MR) is 36.2 cm³/mol.